The summed E-state index contributed by atoms with van der Waals surface area (Å²) in [6.45, 7) is 6.11. The SMILES string of the molecule is CCOc1ccc(NS(=O)(=O)c2cc(NC(=O)CCNC(=O)c3cccc(C)c3)ccc2C)cc1. The predicted octanol–water partition coefficient (Wildman–Crippen LogP) is 4.26. The molecule has 0 atom stereocenters. The molecule has 0 heterocycles. The minimum Gasteiger partial charge on any atom is -0.494 e. The van der Waals surface area contributed by atoms with Crippen molar-refractivity contribution in [2.45, 2.75) is 32.1 Å². The highest BCUT2D eigenvalue weighted by atomic mass is 32.2. The van der Waals surface area contributed by atoms with Gasteiger partial charge in [-0.25, -0.2) is 8.42 Å². The average molecular weight is 496 g/mol. The second-order valence-corrected chi connectivity index (χ2v) is 9.62. The molecule has 184 valence electrons. The molecule has 2 amide bonds. The summed E-state index contributed by atoms with van der Waals surface area (Å²) in [5.74, 6) is 0.0400. The van der Waals surface area contributed by atoms with Gasteiger partial charge in [-0.2, -0.15) is 0 Å². The van der Waals surface area contributed by atoms with Crippen LogP contribution in [0.1, 0.15) is 34.8 Å². The Hall–Kier alpha value is -3.85. The molecular weight excluding hydrogens is 466 g/mol. The molecule has 35 heavy (non-hydrogen) atoms. The number of amides is 2. The molecule has 0 spiro atoms. The number of sulfonamides is 1. The molecule has 0 aliphatic heterocycles. The molecule has 0 aliphatic rings. The third-order valence-corrected chi connectivity index (χ3v) is 6.62. The molecule has 0 aliphatic carbocycles. The van der Waals surface area contributed by atoms with Crippen molar-refractivity contribution in [2.75, 3.05) is 23.2 Å². The van der Waals surface area contributed by atoms with Gasteiger partial charge in [0.2, 0.25) is 5.91 Å². The summed E-state index contributed by atoms with van der Waals surface area (Å²) in [4.78, 5) is 24.6. The minimum absolute atomic E-state index is 0.0396. The maximum Gasteiger partial charge on any atom is 0.262 e. The van der Waals surface area contributed by atoms with E-state index >= 15 is 0 Å². The number of rotatable bonds is 10. The summed E-state index contributed by atoms with van der Waals surface area (Å²) < 4.78 is 33.9. The number of carbonyl (C=O) groups excluding carboxylic acids is 2. The summed E-state index contributed by atoms with van der Waals surface area (Å²) in [5, 5.41) is 5.40. The molecule has 3 aromatic carbocycles. The van der Waals surface area contributed by atoms with Crippen molar-refractivity contribution in [1.29, 1.82) is 0 Å². The van der Waals surface area contributed by atoms with E-state index in [0.717, 1.165) is 5.56 Å². The summed E-state index contributed by atoms with van der Waals surface area (Å²) >= 11 is 0. The Labute approximate surface area is 205 Å². The summed E-state index contributed by atoms with van der Waals surface area (Å²) in [6, 6.07) is 18.4. The van der Waals surface area contributed by atoms with Gasteiger partial charge < -0.3 is 15.4 Å². The van der Waals surface area contributed by atoms with Crippen LogP contribution in [0.5, 0.6) is 5.75 Å². The predicted molar refractivity (Wildman–Crippen MR) is 136 cm³/mol. The summed E-state index contributed by atoms with van der Waals surface area (Å²) in [7, 11) is -3.89. The number of hydrogen-bond acceptors (Lipinski definition) is 5. The standard InChI is InChI=1S/C26H29N3O5S/c1-4-34-23-12-10-21(11-13-23)29-35(32,33)24-17-22(9-8-19(24)3)28-25(30)14-15-27-26(31)20-7-5-6-18(2)16-20/h5-13,16-17,29H,4,14-15H2,1-3H3,(H,27,31)(H,28,30). The Balaban J connectivity index is 1.60. The molecule has 0 unspecified atom stereocenters. The quantitative estimate of drug-likeness (QED) is 0.389. The molecule has 0 aromatic heterocycles. The zero-order chi connectivity index (χ0) is 25.4. The zero-order valence-corrected chi connectivity index (χ0v) is 20.7. The van der Waals surface area contributed by atoms with E-state index in [9.17, 15) is 18.0 Å². The van der Waals surface area contributed by atoms with Gasteiger partial charge in [0.25, 0.3) is 15.9 Å². The second-order valence-electron chi connectivity index (χ2n) is 7.97. The van der Waals surface area contributed by atoms with Crippen molar-refractivity contribution in [3.8, 4) is 5.75 Å². The number of anilines is 2. The molecule has 3 N–H and O–H groups in total. The minimum atomic E-state index is -3.89. The van der Waals surface area contributed by atoms with E-state index in [4.69, 9.17) is 4.74 Å². The van der Waals surface area contributed by atoms with Crippen LogP contribution in [-0.2, 0) is 14.8 Å². The van der Waals surface area contributed by atoms with Crippen LogP contribution in [0.3, 0.4) is 0 Å². The molecular formula is C26H29N3O5S. The van der Waals surface area contributed by atoms with Crippen LogP contribution in [0.25, 0.3) is 0 Å². The van der Waals surface area contributed by atoms with Crippen LogP contribution < -0.4 is 20.1 Å². The Morgan fingerprint density at radius 3 is 2.31 bits per heavy atom. The number of benzene rings is 3. The zero-order valence-electron chi connectivity index (χ0n) is 19.9. The van der Waals surface area contributed by atoms with Gasteiger partial charge in [0.1, 0.15) is 5.75 Å². The smallest absolute Gasteiger partial charge is 0.262 e. The number of aryl methyl sites for hydroxylation is 2. The third-order valence-electron chi connectivity index (χ3n) is 5.10. The maximum atomic E-state index is 13.0. The van der Waals surface area contributed by atoms with Crippen LogP contribution in [0.2, 0.25) is 0 Å². The maximum absolute atomic E-state index is 13.0. The van der Waals surface area contributed by atoms with Gasteiger partial charge in [0, 0.05) is 29.9 Å². The first-order chi connectivity index (χ1) is 16.7. The number of carbonyl (C=O) groups is 2. The molecule has 3 rings (SSSR count). The highest BCUT2D eigenvalue weighted by molar-refractivity contribution is 7.92. The van der Waals surface area contributed by atoms with Crippen LogP contribution in [0.15, 0.2) is 71.6 Å². The third kappa shape index (κ3) is 7.31. The van der Waals surface area contributed by atoms with E-state index in [0.29, 0.717) is 34.9 Å². The van der Waals surface area contributed by atoms with E-state index in [2.05, 4.69) is 15.4 Å². The van der Waals surface area contributed by atoms with Gasteiger partial charge in [-0.05, 0) is 74.9 Å². The molecule has 9 heteroatoms. The van der Waals surface area contributed by atoms with Crippen LogP contribution in [-0.4, -0.2) is 33.4 Å². The molecule has 3 aromatic rings. The number of nitrogens with one attached hydrogen (secondary N) is 3. The first-order valence-corrected chi connectivity index (χ1v) is 12.7. The Bertz CT molecular complexity index is 1300. The topological polar surface area (TPSA) is 114 Å². The van der Waals surface area contributed by atoms with E-state index in [-0.39, 0.29) is 29.7 Å². The van der Waals surface area contributed by atoms with Gasteiger partial charge >= 0.3 is 0 Å². The summed E-state index contributed by atoms with van der Waals surface area (Å²) in [5.41, 5.74) is 2.77. The van der Waals surface area contributed by atoms with Crippen molar-refractivity contribution in [3.63, 3.8) is 0 Å². The molecule has 0 bridgehead atoms. The average Bonchev–Trinajstić information content (AvgIpc) is 2.81. The van der Waals surface area contributed by atoms with Crippen molar-refractivity contribution in [1.82, 2.24) is 5.32 Å². The van der Waals surface area contributed by atoms with E-state index < -0.39 is 10.0 Å². The van der Waals surface area contributed by atoms with Crippen molar-refractivity contribution < 1.29 is 22.7 Å². The lowest BCUT2D eigenvalue weighted by atomic mass is 10.1. The summed E-state index contributed by atoms with van der Waals surface area (Å²) in [6.07, 6.45) is 0.0396. The van der Waals surface area contributed by atoms with Crippen LogP contribution in [0.4, 0.5) is 11.4 Å². The molecule has 0 saturated carbocycles. The van der Waals surface area contributed by atoms with Gasteiger partial charge in [-0.3, -0.25) is 14.3 Å². The van der Waals surface area contributed by atoms with E-state index in [1.54, 1.807) is 61.5 Å². The molecule has 8 nitrogen and oxygen atoms in total. The Kier molecular flexibility index (Phi) is 8.48. The van der Waals surface area contributed by atoms with Crippen molar-refractivity contribution in [3.05, 3.63) is 83.4 Å². The first kappa shape index (κ1) is 25.8. The lowest BCUT2D eigenvalue weighted by molar-refractivity contribution is -0.116. The lowest BCUT2D eigenvalue weighted by Gasteiger charge is -2.13. The molecule has 0 radical (unpaired) electrons. The van der Waals surface area contributed by atoms with Crippen molar-refractivity contribution in [2.24, 2.45) is 0 Å². The van der Waals surface area contributed by atoms with Gasteiger partial charge in [0.05, 0.1) is 11.5 Å². The fourth-order valence-electron chi connectivity index (χ4n) is 3.36. The van der Waals surface area contributed by atoms with Crippen molar-refractivity contribution >= 4 is 33.2 Å². The monoisotopic (exact) mass is 495 g/mol. The Morgan fingerprint density at radius 2 is 1.63 bits per heavy atom. The fraction of sp³-hybridized carbons (Fsp3) is 0.231. The lowest BCUT2D eigenvalue weighted by Crippen LogP contribution is -2.27. The van der Waals surface area contributed by atoms with Gasteiger partial charge in [-0.15, -0.1) is 0 Å². The van der Waals surface area contributed by atoms with E-state index in [1.165, 1.54) is 6.07 Å². The van der Waals surface area contributed by atoms with E-state index in [1.807, 2.05) is 19.9 Å². The van der Waals surface area contributed by atoms with Crippen LogP contribution >= 0.6 is 0 Å². The number of ether oxygens (including phenoxy) is 1. The van der Waals surface area contributed by atoms with Gasteiger partial charge in [0.15, 0.2) is 0 Å². The normalized spacial score (nSPS) is 10.9. The van der Waals surface area contributed by atoms with Gasteiger partial charge in [-0.1, -0.05) is 23.8 Å². The first-order valence-electron chi connectivity index (χ1n) is 11.2. The second kappa shape index (κ2) is 11.5. The molecule has 0 saturated heterocycles. The highest BCUT2D eigenvalue weighted by Crippen LogP contribution is 2.24. The van der Waals surface area contributed by atoms with Crippen LogP contribution in [0, 0.1) is 13.8 Å². The fourth-order valence-corrected chi connectivity index (χ4v) is 4.70. The molecule has 0 fully saturated rings. The highest BCUT2D eigenvalue weighted by Gasteiger charge is 2.18. The number of hydrogen-bond donors (Lipinski definition) is 3. The Morgan fingerprint density at radius 1 is 0.914 bits per heavy atom. The largest absolute Gasteiger partial charge is 0.494 e.